The Kier molecular flexibility index (Phi) is 5.25. The standard InChI is InChI=1S/C18H22N4O2/c1-13-20-17(22-24-13)15-7-9-16(10-8-15)21-18(23)19-12-11-14-5-3-2-4-6-14/h5,7-10H,2-4,6,11-12H2,1H3,(H2,19,21,23). The monoisotopic (exact) mass is 326 g/mol. The molecule has 2 aromatic rings. The van der Waals surface area contributed by atoms with E-state index in [-0.39, 0.29) is 6.03 Å². The summed E-state index contributed by atoms with van der Waals surface area (Å²) in [5.41, 5.74) is 3.04. The van der Waals surface area contributed by atoms with E-state index in [9.17, 15) is 4.79 Å². The molecule has 0 bridgehead atoms. The number of allylic oxidation sites excluding steroid dienone is 1. The van der Waals surface area contributed by atoms with E-state index < -0.39 is 0 Å². The Morgan fingerprint density at radius 3 is 2.75 bits per heavy atom. The molecule has 3 rings (SSSR count). The van der Waals surface area contributed by atoms with E-state index in [1.165, 1.54) is 31.3 Å². The molecule has 2 amide bonds. The fourth-order valence-electron chi connectivity index (χ4n) is 2.76. The van der Waals surface area contributed by atoms with Crippen LogP contribution in [0.25, 0.3) is 11.4 Å². The number of hydrogen-bond donors (Lipinski definition) is 2. The number of aromatic nitrogens is 2. The average molecular weight is 326 g/mol. The highest BCUT2D eigenvalue weighted by atomic mass is 16.5. The van der Waals surface area contributed by atoms with Gasteiger partial charge < -0.3 is 15.2 Å². The molecule has 0 spiro atoms. The maximum atomic E-state index is 11.9. The van der Waals surface area contributed by atoms with Gasteiger partial charge in [-0.05, 0) is 56.4 Å². The van der Waals surface area contributed by atoms with E-state index in [1.54, 1.807) is 6.92 Å². The molecule has 1 aliphatic carbocycles. The minimum atomic E-state index is -0.186. The molecule has 1 aromatic heterocycles. The highest BCUT2D eigenvalue weighted by Crippen LogP contribution is 2.20. The number of amides is 2. The zero-order valence-corrected chi connectivity index (χ0v) is 13.8. The first kappa shape index (κ1) is 16.2. The van der Waals surface area contributed by atoms with Crippen LogP contribution in [0.15, 0.2) is 40.4 Å². The lowest BCUT2D eigenvalue weighted by molar-refractivity contribution is 0.252. The van der Waals surface area contributed by atoms with Gasteiger partial charge in [0.25, 0.3) is 0 Å². The van der Waals surface area contributed by atoms with Crippen molar-refractivity contribution in [2.75, 3.05) is 11.9 Å². The lowest BCUT2D eigenvalue weighted by atomic mass is 9.97. The summed E-state index contributed by atoms with van der Waals surface area (Å²) < 4.78 is 4.96. The third-order valence-electron chi connectivity index (χ3n) is 4.05. The number of aryl methyl sites for hydroxylation is 1. The van der Waals surface area contributed by atoms with Crippen LogP contribution in [0, 0.1) is 6.92 Å². The Balaban J connectivity index is 1.46. The zero-order chi connectivity index (χ0) is 16.8. The third kappa shape index (κ3) is 4.44. The summed E-state index contributed by atoms with van der Waals surface area (Å²) in [6, 6.07) is 7.17. The third-order valence-corrected chi connectivity index (χ3v) is 4.05. The van der Waals surface area contributed by atoms with Crippen LogP contribution in [0.4, 0.5) is 10.5 Å². The fraction of sp³-hybridized carbons (Fsp3) is 0.389. The fourth-order valence-corrected chi connectivity index (χ4v) is 2.76. The van der Waals surface area contributed by atoms with E-state index in [4.69, 9.17) is 4.52 Å². The van der Waals surface area contributed by atoms with Crippen LogP contribution in [0.5, 0.6) is 0 Å². The van der Waals surface area contributed by atoms with Crippen molar-refractivity contribution >= 4 is 11.7 Å². The Morgan fingerprint density at radius 2 is 2.08 bits per heavy atom. The highest BCUT2D eigenvalue weighted by molar-refractivity contribution is 5.89. The van der Waals surface area contributed by atoms with E-state index >= 15 is 0 Å². The van der Waals surface area contributed by atoms with E-state index in [1.807, 2.05) is 24.3 Å². The van der Waals surface area contributed by atoms with Gasteiger partial charge in [0.15, 0.2) is 0 Å². The van der Waals surface area contributed by atoms with Gasteiger partial charge in [0.2, 0.25) is 11.7 Å². The van der Waals surface area contributed by atoms with Crippen molar-refractivity contribution in [3.63, 3.8) is 0 Å². The summed E-state index contributed by atoms with van der Waals surface area (Å²) in [4.78, 5) is 16.1. The van der Waals surface area contributed by atoms with Gasteiger partial charge in [-0.15, -0.1) is 0 Å². The van der Waals surface area contributed by atoms with Crippen molar-refractivity contribution in [3.05, 3.63) is 41.8 Å². The molecule has 0 radical (unpaired) electrons. The number of anilines is 1. The van der Waals surface area contributed by atoms with Crippen molar-refractivity contribution in [1.29, 1.82) is 0 Å². The van der Waals surface area contributed by atoms with Gasteiger partial charge in [0.05, 0.1) is 0 Å². The quantitative estimate of drug-likeness (QED) is 0.812. The lowest BCUT2D eigenvalue weighted by Crippen LogP contribution is -2.29. The number of nitrogens with one attached hydrogen (secondary N) is 2. The van der Waals surface area contributed by atoms with Crippen molar-refractivity contribution in [1.82, 2.24) is 15.5 Å². The first-order valence-electron chi connectivity index (χ1n) is 8.34. The van der Waals surface area contributed by atoms with Crippen molar-refractivity contribution in [2.24, 2.45) is 0 Å². The Morgan fingerprint density at radius 1 is 1.25 bits per heavy atom. The molecule has 0 atom stereocenters. The van der Waals surface area contributed by atoms with Gasteiger partial charge in [0, 0.05) is 24.7 Å². The summed E-state index contributed by atoms with van der Waals surface area (Å²) >= 11 is 0. The molecule has 2 N–H and O–H groups in total. The summed E-state index contributed by atoms with van der Waals surface area (Å²) in [6.45, 7) is 2.41. The Hall–Kier alpha value is -2.63. The first-order chi connectivity index (χ1) is 11.7. The van der Waals surface area contributed by atoms with Gasteiger partial charge in [-0.3, -0.25) is 0 Å². The second-order valence-corrected chi connectivity index (χ2v) is 5.95. The normalized spacial score (nSPS) is 14.1. The Bertz CT molecular complexity index is 719. The van der Waals surface area contributed by atoms with Gasteiger partial charge in [-0.25, -0.2) is 4.79 Å². The SMILES string of the molecule is Cc1nc(-c2ccc(NC(=O)NCCC3=CCCCC3)cc2)no1. The van der Waals surface area contributed by atoms with Crippen LogP contribution in [0.1, 0.15) is 38.0 Å². The first-order valence-corrected chi connectivity index (χ1v) is 8.34. The molecule has 24 heavy (non-hydrogen) atoms. The number of carbonyl (C=O) groups excluding carboxylic acids is 1. The largest absolute Gasteiger partial charge is 0.339 e. The van der Waals surface area contributed by atoms with E-state index in [0.29, 0.717) is 18.3 Å². The number of hydrogen-bond acceptors (Lipinski definition) is 4. The number of rotatable bonds is 5. The predicted octanol–water partition coefficient (Wildman–Crippen LogP) is 4.06. The van der Waals surface area contributed by atoms with Gasteiger partial charge in [-0.2, -0.15) is 4.98 Å². The average Bonchev–Trinajstić information content (AvgIpc) is 3.03. The molecule has 1 aliphatic rings. The highest BCUT2D eigenvalue weighted by Gasteiger charge is 2.07. The van der Waals surface area contributed by atoms with E-state index in [0.717, 1.165) is 17.7 Å². The van der Waals surface area contributed by atoms with Crippen molar-refractivity contribution in [2.45, 2.75) is 39.0 Å². The van der Waals surface area contributed by atoms with Crippen LogP contribution in [-0.2, 0) is 0 Å². The summed E-state index contributed by atoms with van der Waals surface area (Å²) in [5, 5.41) is 9.60. The van der Waals surface area contributed by atoms with Gasteiger partial charge in [0.1, 0.15) is 0 Å². The van der Waals surface area contributed by atoms with Gasteiger partial charge >= 0.3 is 6.03 Å². The molecular weight excluding hydrogens is 304 g/mol. The van der Waals surface area contributed by atoms with E-state index in [2.05, 4.69) is 26.9 Å². The molecule has 1 aromatic carbocycles. The molecule has 0 saturated carbocycles. The number of carbonyl (C=O) groups is 1. The molecule has 0 saturated heterocycles. The minimum Gasteiger partial charge on any atom is -0.339 e. The molecular formula is C18H22N4O2. The second-order valence-electron chi connectivity index (χ2n) is 5.95. The Labute approximate surface area is 141 Å². The maximum absolute atomic E-state index is 11.9. The smallest absolute Gasteiger partial charge is 0.319 e. The predicted molar refractivity (Wildman–Crippen MR) is 92.7 cm³/mol. The molecule has 0 unspecified atom stereocenters. The number of nitrogens with zero attached hydrogens (tertiary/aromatic N) is 2. The molecule has 0 fully saturated rings. The lowest BCUT2D eigenvalue weighted by Gasteiger charge is -2.13. The van der Waals surface area contributed by atoms with Crippen LogP contribution < -0.4 is 10.6 Å². The zero-order valence-electron chi connectivity index (χ0n) is 13.8. The topological polar surface area (TPSA) is 80.0 Å². The second kappa shape index (κ2) is 7.77. The van der Waals surface area contributed by atoms with Crippen molar-refractivity contribution < 1.29 is 9.32 Å². The summed E-state index contributed by atoms with van der Waals surface area (Å²) in [5.74, 6) is 1.07. The molecule has 6 heteroatoms. The molecule has 1 heterocycles. The molecule has 6 nitrogen and oxygen atoms in total. The van der Waals surface area contributed by atoms with Crippen LogP contribution >= 0.6 is 0 Å². The number of urea groups is 1. The molecule has 0 aliphatic heterocycles. The number of benzene rings is 1. The van der Waals surface area contributed by atoms with Crippen LogP contribution in [0.3, 0.4) is 0 Å². The maximum Gasteiger partial charge on any atom is 0.319 e. The molecule has 126 valence electrons. The van der Waals surface area contributed by atoms with Crippen molar-refractivity contribution in [3.8, 4) is 11.4 Å². The minimum absolute atomic E-state index is 0.186. The summed E-state index contributed by atoms with van der Waals surface area (Å²) in [7, 11) is 0. The van der Waals surface area contributed by atoms with Crippen LogP contribution in [-0.4, -0.2) is 22.7 Å². The van der Waals surface area contributed by atoms with Gasteiger partial charge in [-0.1, -0.05) is 16.8 Å². The summed E-state index contributed by atoms with van der Waals surface area (Å²) in [6.07, 6.45) is 8.14. The van der Waals surface area contributed by atoms with Crippen LogP contribution in [0.2, 0.25) is 0 Å².